The Morgan fingerprint density at radius 2 is 2.07 bits per heavy atom. The minimum atomic E-state index is -0.591. The van der Waals surface area contributed by atoms with E-state index < -0.39 is 5.97 Å². The average Bonchev–Trinajstić information content (AvgIpc) is 3.48. The Morgan fingerprint density at radius 3 is 2.81 bits per heavy atom. The standard InChI is InChI=1S/C20H18N2O5/c1-11-18-15(9-16(12-6-7-12)21-19(18)27-22-11)20(24)26-10-17(23)13-4-3-5-14(8-13)25-2/h3-5,8-9,12H,6-7,10H2,1-2H3. The predicted molar refractivity (Wildman–Crippen MR) is 96.1 cm³/mol. The maximum Gasteiger partial charge on any atom is 0.339 e. The van der Waals surface area contributed by atoms with Gasteiger partial charge < -0.3 is 14.0 Å². The van der Waals surface area contributed by atoms with Crippen LogP contribution in [0.5, 0.6) is 5.75 Å². The molecular weight excluding hydrogens is 348 g/mol. The lowest BCUT2D eigenvalue weighted by Gasteiger charge is -2.08. The number of fused-ring (bicyclic) bond motifs is 1. The molecule has 7 heteroatoms. The highest BCUT2D eigenvalue weighted by atomic mass is 16.5. The molecular formula is C20H18N2O5. The molecule has 0 bridgehead atoms. The van der Waals surface area contributed by atoms with Gasteiger partial charge in [0.05, 0.1) is 23.8 Å². The Morgan fingerprint density at radius 1 is 1.26 bits per heavy atom. The number of rotatable bonds is 6. The molecule has 0 atom stereocenters. The summed E-state index contributed by atoms with van der Waals surface area (Å²) in [6, 6.07) is 8.44. The van der Waals surface area contributed by atoms with Crippen LogP contribution < -0.4 is 4.74 Å². The summed E-state index contributed by atoms with van der Waals surface area (Å²) in [6.07, 6.45) is 2.07. The maximum atomic E-state index is 12.7. The quantitative estimate of drug-likeness (QED) is 0.487. The highest BCUT2D eigenvalue weighted by Gasteiger charge is 2.29. The molecule has 2 heterocycles. The first-order chi connectivity index (χ1) is 13.1. The number of ketones is 1. The van der Waals surface area contributed by atoms with E-state index in [1.54, 1.807) is 37.3 Å². The molecule has 7 nitrogen and oxygen atoms in total. The van der Waals surface area contributed by atoms with Crippen LogP contribution in [-0.2, 0) is 4.74 Å². The van der Waals surface area contributed by atoms with Crippen LogP contribution in [0.3, 0.4) is 0 Å². The zero-order chi connectivity index (χ0) is 19.0. The van der Waals surface area contributed by atoms with Gasteiger partial charge in [-0.3, -0.25) is 4.79 Å². The first-order valence-electron chi connectivity index (χ1n) is 8.68. The molecule has 1 aromatic carbocycles. The molecule has 3 aromatic rings. The van der Waals surface area contributed by atoms with Crippen LogP contribution in [0.2, 0.25) is 0 Å². The summed E-state index contributed by atoms with van der Waals surface area (Å²) in [5.74, 6) is 0.00538. The molecule has 1 aliphatic rings. The van der Waals surface area contributed by atoms with Crippen LogP contribution in [0, 0.1) is 6.92 Å². The molecule has 1 fully saturated rings. The first-order valence-corrected chi connectivity index (χ1v) is 8.68. The summed E-state index contributed by atoms with van der Waals surface area (Å²) in [4.78, 5) is 29.5. The molecule has 0 spiro atoms. The highest BCUT2D eigenvalue weighted by molar-refractivity contribution is 6.05. The van der Waals surface area contributed by atoms with Crippen LogP contribution >= 0.6 is 0 Å². The van der Waals surface area contributed by atoms with Gasteiger partial charge in [-0.2, -0.15) is 0 Å². The Bertz CT molecular complexity index is 1040. The van der Waals surface area contributed by atoms with Crippen molar-refractivity contribution in [1.82, 2.24) is 10.1 Å². The fraction of sp³-hybridized carbons (Fsp3) is 0.300. The lowest BCUT2D eigenvalue weighted by atomic mass is 10.1. The van der Waals surface area contributed by atoms with E-state index in [0.29, 0.717) is 39.6 Å². The minimum absolute atomic E-state index is 0.308. The van der Waals surface area contributed by atoms with Crippen molar-refractivity contribution in [3.63, 3.8) is 0 Å². The van der Waals surface area contributed by atoms with Crippen molar-refractivity contribution < 1.29 is 23.6 Å². The van der Waals surface area contributed by atoms with Crippen LogP contribution in [-0.4, -0.2) is 35.6 Å². The van der Waals surface area contributed by atoms with Gasteiger partial charge in [0, 0.05) is 17.2 Å². The van der Waals surface area contributed by atoms with E-state index in [1.807, 2.05) is 0 Å². The third kappa shape index (κ3) is 3.40. The van der Waals surface area contributed by atoms with Crippen LogP contribution in [0.15, 0.2) is 34.9 Å². The topological polar surface area (TPSA) is 91.5 Å². The molecule has 1 aliphatic carbocycles. The van der Waals surface area contributed by atoms with Gasteiger partial charge in [0.15, 0.2) is 12.4 Å². The zero-order valence-electron chi connectivity index (χ0n) is 15.0. The van der Waals surface area contributed by atoms with Gasteiger partial charge in [0.1, 0.15) is 5.75 Å². The number of Topliss-reactive ketones (excluding diaryl/α,β-unsaturated/α-hetero) is 1. The highest BCUT2D eigenvalue weighted by Crippen LogP contribution is 2.40. The number of benzene rings is 1. The summed E-state index contributed by atoms with van der Waals surface area (Å²) in [7, 11) is 1.52. The van der Waals surface area contributed by atoms with Crippen molar-refractivity contribution in [3.8, 4) is 5.75 Å². The van der Waals surface area contributed by atoms with E-state index in [2.05, 4.69) is 10.1 Å². The summed E-state index contributed by atoms with van der Waals surface area (Å²) < 4.78 is 15.6. The predicted octanol–water partition coefficient (Wildman–Crippen LogP) is 3.46. The summed E-state index contributed by atoms with van der Waals surface area (Å²) in [6.45, 7) is 1.38. The number of nitrogens with zero attached hydrogens (tertiary/aromatic N) is 2. The Labute approximate surface area is 155 Å². The molecule has 0 radical (unpaired) electrons. The number of aryl methyl sites for hydroxylation is 1. The fourth-order valence-corrected chi connectivity index (χ4v) is 2.95. The van der Waals surface area contributed by atoms with Gasteiger partial charge in [-0.25, -0.2) is 9.78 Å². The van der Waals surface area contributed by atoms with Gasteiger partial charge in [0.2, 0.25) is 0 Å². The number of hydrogen-bond acceptors (Lipinski definition) is 7. The van der Waals surface area contributed by atoms with Crippen LogP contribution in [0.1, 0.15) is 50.9 Å². The monoisotopic (exact) mass is 366 g/mol. The van der Waals surface area contributed by atoms with Crippen molar-refractivity contribution in [2.24, 2.45) is 0 Å². The van der Waals surface area contributed by atoms with Crippen LogP contribution in [0.4, 0.5) is 0 Å². The number of carbonyl (C=O) groups is 2. The lowest BCUT2D eigenvalue weighted by molar-refractivity contribution is 0.0476. The van der Waals surface area contributed by atoms with Crippen molar-refractivity contribution in [3.05, 3.63) is 52.8 Å². The van der Waals surface area contributed by atoms with E-state index in [-0.39, 0.29) is 12.4 Å². The van der Waals surface area contributed by atoms with Gasteiger partial charge in [-0.1, -0.05) is 17.3 Å². The maximum absolute atomic E-state index is 12.7. The van der Waals surface area contributed by atoms with Crippen molar-refractivity contribution in [1.29, 1.82) is 0 Å². The molecule has 0 unspecified atom stereocenters. The number of pyridine rings is 1. The van der Waals surface area contributed by atoms with Crippen LogP contribution in [0.25, 0.3) is 11.1 Å². The molecule has 0 saturated heterocycles. The summed E-state index contributed by atoms with van der Waals surface area (Å²) >= 11 is 0. The van der Waals surface area contributed by atoms with Crippen molar-refractivity contribution in [2.45, 2.75) is 25.7 Å². The first kappa shape index (κ1) is 17.2. The van der Waals surface area contributed by atoms with E-state index in [9.17, 15) is 9.59 Å². The fourth-order valence-electron chi connectivity index (χ4n) is 2.95. The molecule has 0 N–H and O–H groups in total. The SMILES string of the molecule is COc1cccc(C(=O)COC(=O)c2cc(C3CC3)nc3onc(C)c23)c1. The van der Waals surface area contributed by atoms with Crippen molar-refractivity contribution in [2.75, 3.05) is 13.7 Å². The Kier molecular flexibility index (Phi) is 4.35. The second-order valence-electron chi connectivity index (χ2n) is 6.55. The number of methoxy groups -OCH3 is 1. The van der Waals surface area contributed by atoms with Gasteiger partial charge in [-0.15, -0.1) is 0 Å². The third-order valence-corrected chi connectivity index (χ3v) is 4.58. The normalized spacial score (nSPS) is 13.6. The molecule has 1 saturated carbocycles. The summed E-state index contributed by atoms with van der Waals surface area (Å²) in [5, 5.41) is 4.42. The Hall–Kier alpha value is -3.22. The second-order valence-corrected chi connectivity index (χ2v) is 6.55. The second kappa shape index (κ2) is 6.83. The van der Waals surface area contributed by atoms with Gasteiger partial charge in [-0.05, 0) is 38.0 Å². The van der Waals surface area contributed by atoms with Crippen molar-refractivity contribution >= 4 is 22.9 Å². The summed E-state index contributed by atoms with van der Waals surface area (Å²) in [5.41, 5.74) is 2.43. The molecule has 27 heavy (non-hydrogen) atoms. The smallest absolute Gasteiger partial charge is 0.339 e. The number of esters is 1. The molecule has 138 valence electrons. The molecule has 2 aromatic heterocycles. The molecule has 0 amide bonds. The number of hydrogen-bond donors (Lipinski definition) is 0. The van der Waals surface area contributed by atoms with E-state index in [4.69, 9.17) is 14.0 Å². The van der Waals surface area contributed by atoms with E-state index >= 15 is 0 Å². The Balaban J connectivity index is 1.56. The lowest BCUT2D eigenvalue weighted by Crippen LogP contribution is -2.15. The van der Waals surface area contributed by atoms with E-state index in [0.717, 1.165) is 18.5 Å². The number of aromatic nitrogens is 2. The van der Waals surface area contributed by atoms with Gasteiger partial charge in [0.25, 0.3) is 5.71 Å². The number of ether oxygens (including phenoxy) is 2. The molecule has 4 rings (SSSR count). The largest absolute Gasteiger partial charge is 0.497 e. The average molecular weight is 366 g/mol. The number of carbonyl (C=O) groups excluding carboxylic acids is 2. The third-order valence-electron chi connectivity index (χ3n) is 4.58. The zero-order valence-corrected chi connectivity index (χ0v) is 15.0. The van der Waals surface area contributed by atoms with Gasteiger partial charge >= 0.3 is 5.97 Å². The molecule has 0 aliphatic heterocycles. The van der Waals surface area contributed by atoms with E-state index in [1.165, 1.54) is 7.11 Å². The minimum Gasteiger partial charge on any atom is -0.497 e.